The van der Waals surface area contributed by atoms with Gasteiger partial charge >= 0.3 is 0 Å². The van der Waals surface area contributed by atoms with E-state index in [1.807, 2.05) is 24.3 Å². The van der Waals surface area contributed by atoms with Crippen LogP contribution >= 0.6 is 0 Å². The number of aryl methyl sites for hydroxylation is 1. The average molecular weight is 475 g/mol. The Hall–Kier alpha value is -2.98. The van der Waals surface area contributed by atoms with E-state index in [2.05, 4.69) is 10.2 Å². The van der Waals surface area contributed by atoms with Crippen LogP contribution in [0.5, 0.6) is 0 Å². The van der Waals surface area contributed by atoms with Gasteiger partial charge in [-0.3, -0.25) is 24.1 Å². The third-order valence-electron chi connectivity index (χ3n) is 5.80. The Morgan fingerprint density at radius 1 is 1.12 bits per heavy atom. The second-order valence-electron chi connectivity index (χ2n) is 8.38. The van der Waals surface area contributed by atoms with Crippen LogP contribution < -0.4 is 9.62 Å². The second-order valence-corrected chi connectivity index (χ2v) is 10.3. The Balaban J connectivity index is 1.71. The molecule has 3 rings (SSSR count). The van der Waals surface area contributed by atoms with Gasteiger partial charge in [0.1, 0.15) is 6.54 Å². The van der Waals surface area contributed by atoms with E-state index in [4.69, 9.17) is 0 Å². The van der Waals surface area contributed by atoms with Crippen molar-refractivity contribution < 1.29 is 18.1 Å². The molecular formula is C23H30N4O5S. The summed E-state index contributed by atoms with van der Waals surface area (Å²) in [6, 6.07) is 11.8. The SMILES string of the molecule is Cc1ccc([N+](=O)[O-])cc1N(CC(=O)NCc1ccccc1CN1CCCCC1)S(C)(=O)=O. The minimum absolute atomic E-state index is 0.118. The number of nitro benzene ring substituents is 1. The van der Waals surface area contributed by atoms with Crippen LogP contribution in [-0.2, 0) is 27.9 Å². The van der Waals surface area contributed by atoms with Gasteiger partial charge in [0, 0.05) is 25.2 Å². The maximum atomic E-state index is 12.7. The number of rotatable bonds is 9. The quantitative estimate of drug-likeness (QED) is 0.442. The zero-order valence-electron chi connectivity index (χ0n) is 19.0. The number of amides is 1. The van der Waals surface area contributed by atoms with Crippen LogP contribution in [0.15, 0.2) is 42.5 Å². The molecule has 1 fully saturated rings. The molecule has 0 unspecified atom stereocenters. The summed E-state index contributed by atoms with van der Waals surface area (Å²) in [7, 11) is -3.85. The summed E-state index contributed by atoms with van der Waals surface area (Å²) >= 11 is 0. The number of nitrogens with zero attached hydrogens (tertiary/aromatic N) is 3. The summed E-state index contributed by atoms with van der Waals surface area (Å²) in [4.78, 5) is 25.7. The Kier molecular flexibility index (Phi) is 8.04. The van der Waals surface area contributed by atoms with Crippen molar-refractivity contribution in [3.8, 4) is 0 Å². The number of anilines is 1. The number of carbonyl (C=O) groups is 1. The van der Waals surface area contributed by atoms with Crippen molar-refractivity contribution >= 4 is 27.3 Å². The molecule has 0 saturated carbocycles. The fourth-order valence-corrected chi connectivity index (χ4v) is 4.89. The van der Waals surface area contributed by atoms with Crippen LogP contribution in [0.4, 0.5) is 11.4 Å². The number of nitrogens with one attached hydrogen (secondary N) is 1. The number of hydrogen-bond donors (Lipinski definition) is 1. The number of likely N-dealkylation sites (tertiary alicyclic amines) is 1. The first-order valence-corrected chi connectivity index (χ1v) is 12.8. The molecule has 1 amide bonds. The summed E-state index contributed by atoms with van der Waals surface area (Å²) in [6.07, 6.45) is 4.62. The zero-order chi connectivity index (χ0) is 24.0. The minimum atomic E-state index is -3.85. The van der Waals surface area contributed by atoms with E-state index < -0.39 is 27.4 Å². The first-order chi connectivity index (χ1) is 15.6. The maximum Gasteiger partial charge on any atom is 0.271 e. The molecule has 178 valence electrons. The second kappa shape index (κ2) is 10.8. The summed E-state index contributed by atoms with van der Waals surface area (Å²) in [5.41, 5.74) is 2.51. The summed E-state index contributed by atoms with van der Waals surface area (Å²) in [5, 5.41) is 14.0. The third-order valence-corrected chi connectivity index (χ3v) is 6.92. The number of hydrogen-bond acceptors (Lipinski definition) is 6. The molecule has 9 nitrogen and oxygen atoms in total. The molecule has 1 heterocycles. The van der Waals surface area contributed by atoms with Gasteiger partial charge in [-0.15, -0.1) is 0 Å². The standard InChI is InChI=1S/C23H30N4O5S/c1-18-10-11-21(27(29)30)14-22(18)26(33(2,31)32)17-23(28)24-15-19-8-4-5-9-20(19)16-25-12-6-3-7-13-25/h4-5,8-11,14H,3,6-7,12-13,15-17H2,1-2H3,(H,24,28). The Morgan fingerprint density at radius 3 is 2.42 bits per heavy atom. The summed E-state index contributed by atoms with van der Waals surface area (Å²) in [5.74, 6) is -0.487. The Morgan fingerprint density at radius 2 is 1.79 bits per heavy atom. The van der Waals surface area contributed by atoms with Crippen molar-refractivity contribution in [1.29, 1.82) is 0 Å². The third kappa shape index (κ3) is 6.75. The molecule has 0 bridgehead atoms. The zero-order valence-corrected chi connectivity index (χ0v) is 19.8. The maximum absolute atomic E-state index is 12.7. The van der Waals surface area contributed by atoms with Crippen molar-refractivity contribution in [3.05, 3.63) is 69.3 Å². The largest absolute Gasteiger partial charge is 0.350 e. The van der Waals surface area contributed by atoms with Gasteiger partial charge in [-0.05, 0) is 49.5 Å². The number of benzene rings is 2. The highest BCUT2D eigenvalue weighted by molar-refractivity contribution is 7.92. The van der Waals surface area contributed by atoms with Gasteiger partial charge in [-0.25, -0.2) is 8.42 Å². The van der Waals surface area contributed by atoms with Gasteiger partial charge in [0.2, 0.25) is 15.9 Å². The van der Waals surface area contributed by atoms with Crippen LogP contribution in [0.2, 0.25) is 0 Å². The fraction of sp³-hybridized carbons (Fsp3) is 0.435. The monoisotopic (exact) mass is 474 g/mol. The molecule has 33 heavy (non-hydrogen) atoms. The molecular weight excluding hydrogens is 444 g/mol. The molecule has 1 N–H and O–H groups in total. The van der Waals surface area contributed by atoms with E-state index in [1.54, 1.807) is 6.92 Å². The minimum Gasteiger partial charge on any atom is -0.350 e. The summed E-state index contributed by atoms with van der Waals surface area (Å²) < 4.78 is 25.7. The number of nitro groups is 1. The smallest absolute Gasteiger partial charge is 0.271 e. The Bertz CT molecular complexity index is 1110. The van der Waals surface area contributed by atoms with E-state index in [1.165, 1.54) is 37.5 Å². The number of carbonyl (C=O) groups excluding carboxylic acids is 1. The highest BCUT2D eigenvalue weighted by atomic mass is 32.2. The number of sulfonamides is 1. The molecule has 0 aliphatic carbocycles. The van der Waals surface area contributed by atoms with Gasteiger partial charge in [-0.2, -0.15) is 0 Å². The van der Waals surface area contributed by atoms with Crippen molar-refractivity contribution in [1.82, 2.24) is 10.2 Å². The molecule has 0 atom stereocenters. The van der Waals surface area contributed by atoms with E-state index in [-0.39, 0.29) is 17.9 Å². The van der Waals surface area contributed by atoms with Gasteiger partial charge in [0.25, 0.3) is 5.69 Å². The van der Waals surface area contributed by atoms with E-state index >= 15 is 0 Å². The van der Waals surface area contributed by atoms with Gasteiger partial charge in [0.15, 0.2) is 0 Å². The van der Waals surface area contributed by atoms with Crippen molar-refractivity contribution in [3.63, 3.8) is 0 Å². The number of piperidine rings is 1. The molecule has 0 spiro atoms. The van der Waals surface area contributed by atoms with Crippen LogP contribution in [-0.4, -0.2) is 50.0 Å². The average Bonchev–Trinajstić information content (AvgIpc) is 2.77. The molecule has 1 aliphatic rings. The van der Waals surface area contributed by atoms with Gasteiger partial charge in [0.05, 0.1) is 16.9 Å². The lowest BCUT2D eigenvalue weighted by atomic mass is 10.0. The topological polar surface area (TPSA) is 113 Å². The lowest BCUT2D eigenvalue weighted by Crippen LogP contribution is -2.40. The molecule has 0 radical (unpaired) electrons. The molecule has 2 aromatic carbocycles. The van der Waals surface area contributed by atoms with Gasteiger partial charge in [-0.1, -0.05) is 36.8 Å². The first kappa shape index (κ1) is 24.7. The Labute approximate surface area is 194 Å². The lowest BCUT2D eigenvalue weighted by molar-refractivity contribution is -0.384. The van der Waals surface area contributed by atoms with Crippen LogP contribution in [0.3, 0.4) is 0 Å². The van der Waals surface area contributed by atoms with Crippen molar-refractivity contribution in [2.24, 2.45) is 0 Å². The summed E-state index contributed by atoms with van der Waals surface area (Å²) in [6.45, 7) is 4.39. The number of non-ortho nitro benzene ring substituents is 1. The van der Waals surface area contributed by atoms with Crippen LogP contribution in [0, 0.1) is 17.0 Å². The predicted molar refractivity (Wildman–Crippen MR) is 127 cm³/mol. The van der Waals surface area contributed by atoms with E-state index in [9.17, 15) is 23.3 Å². The molecule has 1 saturated heterocycles. The molecule has 1 aliphatic heterocycles. The van der Waals surface area contributed by atoms with Crippen LogP contribution in [0.25, 0.3) is 0 Å². The first-order valence-electron chi connectivity index (χ1n) is 10.9. The normalized spacial score (nSPS) is 14.6. The van der Waals surface area contributed by atoms with Crippen molar-refractivity contribution in [2.45, 2.75) is 39.3 Å². The van der Waals surface area contributed by atoms with E-state index in [0.29, 0.717) is 5.56 Å². The molecule has 0 aromatic heterocycles. The molecule has 10 heteroatoms. The van der Waals surface area contributed by atoms with E-state index in [0.717, 1.165) is 41.3 Å². The van der Waals surface area contributed by atoms with Gasteiger partial charge < -0.3 is 5.32 Å². The highest BCUT2D eigenvalue weighted by Gasteiger charge is 2.24. The predicted octanol–water partition coefficient (Wildman–Crippen LogP) is 2.97. The van der Waals surface area contributed by atoms with Crippen molar-refractivity contribution in [2.75, 3.05) is 30.2 Å². The lowest BCUT2D eigenvalue weighted by Gasteiger charge is -2.27. The van der Waals surface area contributed by atoms with Crippen LogP contribution in [0.1, 0.15) is 36.0 Å². The highest BCUT2D eigenvalue weighted by Crippen LogP contribution is 2.27. The molecule has 2 aromatic rings. The fourth-order valence-electron chi connectivity index (χ4n) is 3.98.